The molecule has 1 fully saturated rings. The molecule has 0 spiro atoms. The summed E-state index contributed by atoms with van der Waals surface area (Å²) in [5.41, 5.74) is 5.00. The largest absolute Gasteiger partial charge is 0.390 e. The molecule has 1 saturated heterocycles. The van der Waals surface area contributed by atoms with Crippen LogP contribution in [0.25, 0.3) is 0 Å². The van der Waals surface area contributed by atoms with Gasteiger partial charge in [0.1, 0.15) is 5.82 Å². The van der Waals surface area contributed by atoms with E-state index in [1.807, 2.05) is 6.92 Å². The van der Waals surface area contributed by atoms with Gasteiger partial charge in [0.2, 0.25) is 5.91 Å². The first-order valence-corrected chi connectivity index (χ1v) is 5.71. The van der Waals surface area contributed by atoms with E-state index in [1.165, 1.54) is 6.20 Å². The van der Waals surface area contributed by atoms with Crippen LogP contribution in [0.2, 0.25) is 0 Å². The lowest BCUT2D eigenvalue weighted by atomic mass is 9.94. The summed E-state index contributed by atoms with van der Waals surface area (Å²) in [6.07, 6.45) is 2.95. The van der Waals surface area contributed by atoms with Gasteiger partial charge in [0.25, 0.3) is 0 Å². The van der Waals surface area contributed by atoms with Gasteiger partial charge in [-0.25, -0.2) is 4.98 Å². The Morgan fingerprint density at radius 1 is 1.47 bits per heavy atom. The lowest BCUT2D eigenvalue weighted by molar-refractivity contribution is 0.0350. The van der Waals surface area contributed by atoms with E-state index in [9.17, 15) is 9.90 Å². The van der Waals surface area contributed by atoms with Crippen molar-refractivity contribution in [2.24, 2.45) is 5.73 Å². The van der Waals surface area contributed by atoms with Crippen LogP contribution in [0.3, 0.4) is 0 Å². The van der Waals surface area contributed by atoms with Crippen LogP contribution in [0.5, 0.6) is 0 Å². The Morgan fingerprint density at radius 2 is 2.12 bits per heavy atom. The number of piperidine rings is 1. The van der Waals surface area contributed by atoms with Crippen LogP contribution in [0.1, 0.15) is 30.1 Å². The second-order valence-corrected chi connectivity index (χ2v) is 4.75. The number of primary amides is 1. The van der Waals surface area contributed by atoms with E-state index in [0.717, 1.165) is 31.7 Å². The van der Waals surface area contributed by atoms with Crippen molar-refractivity contribution in [3.05, 3.63) is 23.9 Å². The maximum Gasteiger partial charge on any atom is 0.250 e. The van der Waals surface area contributed by atoms with Crippen molar-refractivity contribution in [1.29, 1.82) is 0 Å². The summed E-state index contributed by atoms with van der Waals surface area (Å²) in [6, 6.07) is 3.47. The van der Waals surface area contributed by atoms with Crippen molar-refractivity contribution in [2.45, 2.75) is 25.4 Å². The summed E-state index contributed by atoms with van der Waals surface area (Å²) in [4.78, 5) is 17.2. The quantitative estimate of drug-likeness (QED) is 0.783. The maximum absolute atomic E-state index is 10.9. The first-order chi connectivity index (χ1) is 7.98. The summed E-state index contributed by atoms with van der Waals surface area (Å²) in [5, 5.41) is 9.85. The Bertz CT molecular complexity index is 404. The third-order valence-electron chi connectivity index (χ3n) is 3.20. The average Bonchev–Trinajstić information content (AvgIpc) is 2.29. The Balaban J connectivity index is 2.06. The van der Waals surface area contributed by atoms with E-state index >= 15 is 0 Å². The van der Waals surface area contributed by atoms with E-state index in [2.05, 4.69) is 9.88 Å². The number of hydrogen-bond acceptors (Lipinski definition) is 4. The molecule has 1 amide bonds. The van der Waals surface area contributed by atoms with Gasteiger partial charge in [-0.3, -0.25) is 4.79 Å². The molecule has 1 aliphatic heterocycles. The van der Waals surface area contributed by atoms with Gasteiger partial charge in [-0.1, -0.05) is 0 Å². The topological polar surface area (TPSA) is 79.5 Å². The zero-order valence-electron chi connectivity index (χ0n) is 9.89. The first-order valence-electron chi connectivity index (χ1n) is 5.71. The predicted molar refractivity (Wildman–Crippen MR) is 64.8 cm³/mol. The molecule has 0 bridgehead atoms. The molecule has 5 heteroatoms. The summed E-state index contributed by atoms with van der Waals surface area (Å²) in [6.45, 7) is 3.40. The normalized spacial score (nSPS) is 19.1. The van der Waals surface area contributed by atoms with Crippen LogP contribution < -0.4 is 10.6 Å². The highest BCUT2D eigenvalue weighted by molar-refractivity contribution is 5.92. The van der Waals surface area contributed by atoms with Crippen molar-refractivity contribution in [3.63, 3.8) is 0 Å². The SMILES string of the molecule is CC1(O)CCN(c2ccc(C(N)=O)cn2)CC1. The van der Waals surface area contributed by atoms with Crippen LogP contribution >= 0.6 is 0 Å². The van der Waals surface area contributed by atoms with Crippen LogP contribution in [-0.2, 0) is 0 Å². The number of pyridine rings is 1. The second kappa shape index (κ2) is 4.33. The Kier molecular flexibility index (Phi) is 3.02. The number of nitrogens with two attached hydrogens (primary N) is 1. The van der Waals surface area contributed by atoms with E-state index in [-0.39, 0.29) is 0 Å². The molecule has 2 rings (SSSR count). The van der Waals surface area contributed by atoms with Crippen molar-refractivity contribution in [2.75, 3.05) is 18.0 Å². The lowest BCUT2D eigenvalue weighted by Crippen LogP contribution is -2.42. The fourth-order valence-electron chi connectivity index (χ4n) is 1.94. The van der Waals surface area contributed by atoms with Gasteiger partial charge in [0, 0.05) is 19.3 Å². The monoisotopic (exact) mass is 235 g/mol. The number of nitrogens with zero attached hydrogens (tertiary/aromatic N) is 2. The lowest BCUT2D eigenvalue weighted by Gasteiger charge is -2.36. The Hall–Kier alpha value is -1.62. The third kappa shape index (κ3) is 2.74. The van der Waals surface area contributed by atoms with E-state index in [1.54, 1.807) is 12.1 Å². The average molecular weight is 235 g/mol. The fraction of sp³-hybridized carbons (Fsp3) is 0.500. The minimum absolute atomic E-state index is 0.415. The van der Waals surface area contributed by atoms with Gasteiger partial charge < -0.3 is 15.7 Å². The number of rotatable bonds is 2. The maximum atomic E-state index is 10.9. The van der Waals surface area contributed by atoms with Crippen molar-refractivity contribution < 1.29 is 9.90 Å². The Labute approximate surface area is 100 Å². The van der Waals surface area contributed by atoms with Crippen LogP contribution in [0, 0.1) is 0 Å². The molecular formula is C12H17N3O2. The molecule has 0 aliphatic carbocycles. The molecule has 0 aromatic carbocycles. The molecule has 1 aromatic rings. The predicted octanol–water partition coefficient (Wildman–Crippen LogP) is 0.532. The van der Waals surface area contributed by atoms with Gasteiger partial charge in [-0.05, 0) is 31.9 Å². The van der Waals surface area contributed by atoms with Gasteiger partial charge in [-0.2, -0.15) is 0 Å². The molecule has 92 valence electrons. The number of amides is 1. The van der Waals surface area contributed by atoms with E-state index in [0.29, 0.717) is 5.56 Å². The molecule has 0 unspecified atom stereocenters. The molecule has 0 saturated carbocycles. The fourth-order valence-corrected chi connectivity index (χ4v) is 1.94. The molecule has 5 nitrogen and oxygen atoms in total. The minimum Gasteiger partial charge on any atom is -0.390 e. The highest BCUT2D eigenvalue weighted by atomic mass is 16.3. The first kappa shape index (κ1) is 11.9. The number of aromatic nitrogens is 1. The van der Waals surface area contributed by atoms with Gasteiger partial charge in [-0.15, -0.1) is 0 Å². The number of hydrogen-bond donors (Lipinski definition) is 2. The van der Waals surface area contributed by atoms with Gasteiger partial charge in [0.15, 0.2) is 0 Å². The zero-order chi connectivity index (χ0) is 12.5. The van der Waals surface area contributed by atoms with Crippen LogP contribution in [0.15, 0.2) is 18.3 Å². The second-order valence-electron chi connectivity index (χ2n) is 4.75. The molecule has 0 radical (unpaired) electrons. The summed E-state index contributed by atoms with van der Waals surface area (Å²) in [7, 11) is 0. The molecule has 1 aromatic heterocycles. The van der Waals surface area contributed by atoms with Crippen molar-refractivity contribution in [3.8, 4) is 0 Å². The molecule has 1 aliphatic rings. The minimum atomic E-state index is -0.566. The smallest absolute Gasteiger partial charge is 0.250 e. The third-order valence-corrected chi connectivity index (χ3v) is 3.20. The number of carbonyl (C=O) groups excluding carboxylic acids is 1. The summed E-state index contributed by atoms with van der Waals surface area (Å²) < 4.78 is 0. The molecular weight excluding hydrogens is 218 g/mol. The van der Waals surface area contributed by atoms with E-state index < -0.39 is 11.5 Å². The standard InChI is InChI=1S/C12H17N3O2/c1-12(17)4-6-15(7-5-12)10-3-2-9(8-14-10)11(13)16/h2-3,8,17H,4-7H2,1H3,(H2,13,16). The van der Waals surface area contributed by atoms with Crippen LogP contribution in [0.4, 0.5) is 5.82 Å². The van der Waals surface area contributed by atoms with Crippen LogP contribution in [-0.4, -0.2) is 34.7 Å². The molecule has 0 atom stereocenters. The van der Waals surface area contributed by atoms with Crippen molar-refractivity contribution >= 4 is 11.7 Å². The number of carbonyl (C=O) groups is 1. The molecule has 17 heavy (non-hydrogen) atoms. The van der Waals surface area contributed by atoms with Gasteiger partial charge >= 0.3 is 0 Å². The highest BCUT2D eigenvalue weighted by Crippen LogP contribution is 2.24. The zero-order valence-corrected chi connectivity index (χ0v) is 9.89. The highest BCUT2D eigenvalue weighted by Gasteiger charge is 2.27. The number of aliphatic hydroxyl groups is 1. The summed E-state index contributed by atoms with van der Waals surface area (Å²) >= 11 is 0. The Morgan fingerprint density at radius 3 is 2.59 bits per heavy atom. The molecule has 3 N–H and O–H groups in total. The number of anilines is 1. The van der Waals surface area contributed by atoms with Gasteiger partial charge in [0.05, 0.1) is 11.2 Å². The van der Waals surface area contributed by atoms with Crippen molar-refractivity contribution in [1.82, 2.24) is 4.98 Å². The summed E-state index contributed by atoms with van der Waals surface area (Å²) in [5.74, 6) is 0.358. The van der Waals surface area contributed by atoms with E-state index in [4.69, 9.17) is 5.73 Å². The molecule has 2 heterocycles.